The summed E-state index contributed by atoms with van der Waals surface area (Å²) < 4.78 is 11.3. The number of carbonyl (C=O) groups excluding carboxylic acids is 1. The summed E-state index contributed by atoms with van der Waals surface area (Å²) in [5.74, 6) is 0.183. The lowest BCUT2D eigenvalue weighted by Crippen LogP contribution is -2.19. The topological polar surface area (TPSA) is 73.6 Å². The minimum Gasteiger partial charge on any atom is -0.490 e. The van der Waals surface area contributed by atoms with E-state index in [2.05, 4.69) is 5.32 Å². The smallest absolute Gasteiger partial charge is 0.259 e. The van der Waals surface area contributed by atoms with Gasteiger partial charge in [-0.3, -0.25) is 4.79 Å². The third kappa shape index (κ3) is 4.37. The van der Waals surface area contributed by atoms with E-state index in [1.807, 2.05) is 6.07 Å². The van der Waals surface area contributed by atoms with E-state index in [4.69, 9.17) is 38.4 Å². The molecule has 0 aliphatic carbocycles. The highest BCUT2D eigenvalue weighted by atomic mass is 35.5. The fourth-order valence-corrected chi connectivity index (χ4v) is 3.08. The van der Waals surface area contributed by atoms with Crippen molar-refractivity contribution in [3.63, 3.8) is 0 Å². The van der Waals surface area contributed by atoms with Crippen molar-refractivity contribution in [2.45, 2.75) is 18.9 Å². The number of benzene rings is 2. The molecule has 0 spiro atoms. The van der Waals surface area contributed by atoms with E-state index in [9.17, 15) is 4.79 Å². The van der Waals surface area contributed by atoms with Gasteiger partial charge in [-0.15, -0.1) is 0 Å². The Kier molecular flexibility index (Phi) is 5.68. The maximum absolute atomic E-state index is 12.6. The first-order valence-corrected chi connectivity index (χ1v) is 8.69. The molecule has 5 nitrogen and oxygen atoms in total. The van der Waals surface area contributed by atoms with E-state index in [1.165, 1.54) is 0 Å². The van der Waals surface area contributed by atoms with Gasteiger partial charge in [0.15, 0.2) is 0 Å². The highest BCUT2D eigenvalue weighted by Crippen LogP contribution is 2.31. The van der Waals surface area contributed by atoms with Crippen molar-refractivity contribution in [3.8, 4) is 5.75 Å². The van der Waals surface area contributed by atoms with Gasteiger partial charge in [-0.05, 0) is 37.1 Å². The van der Waals surface area contributed by atoms with E-state index >= 15 is 0 Å². The van der Waals surface area contributed by atoms with Crippen LogP contribution in [0.2, 0.25) is 10.0 Å². The highest BCUT2D eigenvalue weighted by Gasteiger charge is 2.18. The van der Waals surface area contributed by atoms with Crippen LogP contribution in [-0.2, 0) is 4.74 Å². The average molecular weight is 381 g/mol. The number of nitrogens with one attached hydrogen (secondary N) is 1. The molecule has 1 aliphatic rings. The molecule has 1 aliphatic heterocycles. The van der Waals surface area contributed by atoms with E-state index in [1.54, 1.807) is 30.3 Å². The van der Waals surface area contributed by atoms with Crippen LogP contribution in [0.5, 0.6) is 5.75 Å². The fraction of sp³-hybridized carbons (Fsp3) is 0.278. The van der Waals surface area contributed by atoms with Gasteiger partial charge in [0.1, 0.15) is 12.4 Å². The molecule has 1 heterocycles. The molecule has 2 aromatic rings. The zero-order valence-electron chi connectivity index (χ0n) is 13.4. The SMILES string of the molecule is Nc1c(Cl)cc(NC(=O)c2ccccc2OCC2CCCO2)cc1Cl. The number of carbonyl (C=O) groups is 1. The lowest BCUT2D eigenvalue weighted by atomic mass is 10.1. The normalized spacial score (nSPS) is 16.6. The monoisotopic (exact) mass is 380 g/mol. The van der Waals surface area contributed by atoms with E-state index in [-0.39, 0.29) is 27.7 Å². The minimum absolute atomic E-state index is 0.0748. The molecule has 1 amide bonds. The molecule has 1 fully saturated rings. The van der Waals surface area contributed by atoms with Gasteiger partial charge in [-0.2, -0.15) is 0 Å². The molecule has 0 bridgehead atoms. The first-order chi connectivity index (χ1) is 12.0. The second kappa shape index (κ2) is 7.95. The van der Waals surface area contributed by atoms with Gasteiger partial charge in [0.05, 0.1) is 27.4 Å². The molecule has 25 heavy (non-hydrogen) atoms. The van der Waals surface area contributed by atoms with Crippen molar-refractivity contribution in [2.75, 3.05) is 24.3 Å². The molecule has 1 saturated heterocycles. The fourth-order valence-electron chi connectivity index (χ4n) is 2.59. The second-order valence-electron chi connectivity index (χ2n) is 5.75. The van der Waals surface area contributed by atoms with Crippen LogP contribution in [0.25, 0.3) is 0 Å². The largest absolute Gasteiger partial charge is 0.490 e. The van der Waals surface area contributed by atoms with E-state index < -0.39 is 0 Å². The lowest BCUT2D eigenvalue weighted by molar-refractivity contribution is 0.0673. The Morgan fingerprint density at radius 2 is 2.00 bits per heavy atom. The molecule has 7 heteroatoms. The van der Waals surface area contributed by atoms with Gasteiger partial charge in [0, 0.05) is 12.3 Å². The molecule has 0 radical (unpaired) electrons. The molecular formula is C18H18Cl2N2O3. The van der Waals surface area contributed by atoms with Crippen molar-refractivity contribution < 1.29 is 14.3 Å². The third-order valence-electron chi connectivity index (χ3n) is 3.92. The standard InChI is InChI=1S/C18H18Cl2N2O3/c19-14-8-11(9-15(20)17(14)21)22-18(23)13-5-1-2-6-16(13)25-10-12-4-3-7-24-12/h1-2,5-6,8-9,12H,3-4,7,10,21H2,(H,22,23). The minimum atomic E-state index is -0.320. The van der Waals surface area contributed by atoms with Gasteiger partial charge in [0.25, 0.3) is 5.91 Å². The number of nitrogen functional groups attached to an aromatic ring is 1. The molecule has 0 aromatic heterocycles. The molecule has 2 aromatic carbocycles. The number of nitrogens with two attached hydrogens (primary N) is 1. The Balaban J connectivity index is 1.73. The van der Waals surface area contributed by atoms with Gasteiger partial charge in [0.2, 0.25) is 0 Å². The number of ether oxygens (including phenoxy) is 2. The predicted molar refractivity (Wildman–Crippen MR) is 99.7 cm³/mol. The number of hydrogen-bond acceptors (Lipinski definition) is 4. The van der Waals surface area contributed by atoms with Gasteiger partial charge < -0.3 is 20.5 Å². The number of para-hydroxylation sites is 1. The van der Waals surface area contributed by atoms with E-state index in [0.29, 0.717) is 23.6 Å². The average Bonchev–Trinajstić information content (AvgIpc) is 3.11. The van der Waals surface area contributed by atoms with Crippen LogP contribution in [0.4, 0.5) is 11.4 Å². The lowest BCUT2D eigenvalue weighted by Gasteiger charge is -2.15. The summed E-state index contributed by atoms with van der Waals surface area (Å²) in [5.41, 5.74) is 6.87. The van der Waals surface area contributed by atoms with Crippen molar-refractivity contribution in [3.05, 3.63) is 52.0 Å². The predicted octanol–water partition coefficient (Wildman–Crippen LogP) is 4.39. The molecule has 3 N–H and O–H groups in total. The summed E-state index contributed by atoms with van der Waals surface area (Å²) in [7, 11) is 0. The van der Waals surface area contributed by atoms with Crippen LogP contribution in [-0.4, -0.2) is 25.2 Å². The van der Waals surface area contributed by atoms with Crippen LogP contribution in [0.1, 0.15) is 23.2 Å². The number of rotatable bonds is 5. The maximum atomic E-state index is 12.6. The number of hydrogen-bond donors (Lipinski definition) is 2. The van der Waals surface area contributed by atoms with Gasteiger partial charge in [-0.1, -0.05) is 35.3 Å². The summed E-state index contributed by atoms with van der Waals surface area (Å²) in [4.78, 5) is 12.6. The van der Waals surface area contributed by atoms with Crippen LogP contribution >= 0.6 is 23.2 Å². The van der Waals surface area contributed by atoms with Crippen LogP contribution in [0, 0.1) is 0 Å². The molecule has 1 unspecified atom stereocenters. The summed E-state index contributed by atoms with van der Waals surface area (Å²) in [6, 6.07) is 10.1. The molecular weight excluding hydrogens is 363 g/mol. The summed E-state index contributed by atoms with van der Waals surface area (Å²) in [6.07, 6.45) is 2.08. The van der Waals surface area contributed by atoms with Crippen LogP contribution < -0.4 is 15.8 Å². The van der Waals surface area contributed by atoms with Crippen LogP contribution in [0.15, 0.2) is 36.4 Å². The molecule has 3 rings (SSSR count). The van der Waals surface area contributed by atoms with Gasteiger partial charge >= 0.3 is 0 Å². The zero-order chi connectivity index (χ0) is 17.8. The molecule has 0 saturated carbocycles. The Morgan fingerprint density at radius 1 is 1.28 bits per heavy atom. The summed E-state index contributed by atoms with van der Waals surface area (Å²) >= 11 is 12.0. The Morgan fingerprint density at radius 3 is 2.68 bits per heavy atom. The molecule has 132 valence electrons. The number of amides is 1. The van der Waals surface area contributed by atoms with Gasteiger partial charge in [-0.25, -0.2) is 0 Å². The van der Waals surface area contributed by atoms with Crippen molar-refractivity contribution in [1.29, 1.82) is 0 Å². The quantitative estimate of drug-likeness (QED) is 0.754. The van der Waals surface area contributed by atoms with Crippen LogP contribution in [0.3, 0.4) is 0 Å². The van der Waals surface area contributed by atoms with Crippen molar-refractivity contribution in [1.82, 2.24) is 0 Å². The highest BCUT2D eigenvalue weighted by molar-refractivity contribution is 6.39. The maximum Gasteiger partial charge on any atom is 0.259 e. The summed E-state index contributed by atoms with van der Waals surface area (Å²) in [5, 5.41) is 3.33. The van der Waals surface area contributed by atoms with Crippen molar-refractivity contribution >= 4 is 40.5 Å². The van der Waals surface area contributed by atoms with Crippen molar-refractivity contribution in [2.24, 2.45) is 0 Å². The zero-order valence-corrected chi connectivity index (χ0v) is 14.9. The number of anilines is 2. The molecule has 1 atom stereocenters. The first kappa shape index (κ1) is 17.9. The third-order valence-corrected chi connectivity index (χ3v) is 4.54. The number of halogens is 2. The second-order valence-corrected chi connectivity index (χ2v) is 6.56. The Labute approximate surface area is 156 Å². The first-order valence-electron chi connectivity index (χ1n) is 7.94. The van der Waals surface area contributed by atoms with E-state index in [0.717, 1.165) is 19.4 Å². The Bertz CT molecular complexity index is 754. The Hall–Kier alpha value is -1.95. The summed E-state index contributed by atoms with van der Waals surface area (Å²) in [6.45, 7) is 1.18.